The van der Waals surface area contributed by atoms with Crippen LogP contribution in [0.5, 0.6) is 0 Å². The molecule has 0 bridgehead atoms. The minimum Gasteiger partial charge on any atom is -0.465 e. The summed E-state index contributed by atoms with van der Waals surface area (Å²) in [4.78, 5) is 16.1. The van der Waals surface area contributed by atoms with Crippen LogP contribution in [0.1, 0.15) is 54.2 Å². The van der Waals surface area contributed by atoms with Crippen LogP contribution in [0.3, 0.4) is 0 Å². The number of carbonyl (C=O) groups excluding carboxylic acids is 1. The van der Waals surface area contributed by atoms with Gasteiger partial charge in [0.05, 0.1) is 24.4 Å². The number of hydrogen-bond acceptors (Lipinski definition) is 3. The van der Waals surface area contributed by atoms with Gasteiger partial charge in [-0.05, 0) is 25.0 Å². The fourth-order valence-corrected chi connectivity index (χ4v) is 2.93. The second-order valence-corrected chi connectivity index (χ2v) is 5.15. The van der Waals surface area contributed by atoms with E-state index in [1.807, 2.05) is 18.5 Å². The molecule has 19 heavy (non-hydrogen) atoms. The van der Waals surface area contributed by atoms with Crippen molar-refractivity contribution >= 4 is 11.5 Å². The molecule has 0 N–H and O–H groups in total. The Labute approximate surface area is 112 Å². The first-order chi connectivity index (χ1) is 9.29. The van der Waals surface area contributed by atoms with E-state index in [9.17, 15) is 4.79 Å². The lowest BCUT2D eigenvalue weighted by Crippen LogP contribution is -2.09. The number of imidazole rings is 1. The molecule has 4 heteroatoms. The molecule has 0 spiro atoms. The van der Waals surface area contributed by atoms with E-state index in [1.165, 1.54) is 39.2 Å². The molecule has 2 aromatic heterocycles. The van der Waals surface area contributed by atoms with Crippen LogP contribution in [0.25, 0.3) is 5.52 Å². The van der Waals surface area contributed by atoms with E-state index in [4.69, 9.17) is 4.74 Å². The summed E-state index contributed by atoms with van der Waals surface area (Å²) in [5.41, 5.74) is 1.54. The molecular formula is C15H18N2O2. The van der Waals surface area contributed by atoms with E-state index in [-0.39, 0.29) is 5.97 Å². The lowest BCUT2D eigenvalue weighted by atomic mass is 9.89. The van der Waals surface area contributed by atoms with Crippen molar-refractivity contribution < 1.29 is 9.53 Å². The molecule has 1 aliphatic carbocycles. The summed E-state index contributed by atoms with van der Waals surface area (Å²) in [6.07, 6.45) is 10.1. The van der Waals surface area contributed by atoms with Gasteiger partial charge in [0, 0.05) is 12.1 Å². The highest BCUT2D eigenvalue weighted by Crippen LogP contribution is 2.32. The Bertz CT molecular complexity index is 597. The second kappa shape index (κ2) is 5.03. The number of ether oxygens (including phenoxy) is 1. The van der Waals surface area contributed by atoms with Gasteiger partial charge in [-0.1, -0.05) is 19.3 Å². The number of fused-ring (bicyclic) bond motifs is 1. The average molecular weight is 258 g/mol. The predicted molar refractivity (Wildman–Crippen MR) is 72.4 cm³/mol. The molecule has 0 amide bonds. The molecule has 0 saturated heterocycles. The molecule has 3 rings (SSSR count). The van der Waals surface area contributed by atoms with Crippen molar-refractivity contribution in [3.63, 3.8) is 0 Å². The Morgan fingerprint density at radius 2 is 2.16 bits per heavy atom. The van der Waals surface area contributed by atoms with Crippen molar-refractivity contribution in [2.24, 2.45) is 0 Å². The quantitative estimate of drug-likeness (QED) is 0.777. The molecule has 0 unspecified atom stereocenters. The summed E-state index contributed by atoms with van der Waals surface area (Å²) in [6.45, 7) is 0. The molecule has 2 heterocycles. The highest BCUT2D eigenvalue weighted by molar-refractivity contribution is 5.90. The fraction of sp³-hybridized carbons (Fsp3) is 0.467. The van der Waals surface area contributed by atoms with Gasteiger partial charge < -0.3 is 9.14 Å². The van der Waals surface area contributed by atoms with Gasteiger partial charge in [-0.25, -0.2) is 9.78 Å². The standard InChI is InChI=1S/C15H18N2O2/c1-19-15(18)12-7-8-17-13(9-12)10-16-14(17)11-5-3-2-4-6-11/h7-11H,2-6H2,1H3. The zero-order chi connectivity index (χ0) is 13.2. The fourth-order valence-electron chi connectivity index (χ4n) is 2.93. The van der Waals surface area contributed by atoms with Crippen molar-refractivity contribution in [3.05, 3.63) is 35.9 Å². The van der Waals surface area contributed by atoms with Crippen molar-refractivity contribution in [3.8, 4) is 0 Å². The van der Waals surface area contributed by atoms with Gasteiger partial charge in [0.25, 0.3) is 0 Å². The maximum absolute atomic E-state index is 11.5. The molecule has 0 aromatic carbocycles. The van der Waals surface area contributed by atoms with Crippen molar-refractivity contribution in [2.45, 2.75) is 38.0 Å². The molecule has 4 nitrogen and oxygen atoms in total. The minimum absolute atomic E-state index is 0.303. The molecule has 0 aliphatic heterocycles. The first kappa shape index (κ1) is 12.2. The summed E-state index contributed by atoms with van der Waals surface area (Å²) < 4.78 is 6.84. The Morgan fingerprint density at radius 3 is 2.89 bits per heavy atom. The van der Waals surface area contributed by atoms with Crippen molar-refractivity contribution in [2.75, 3.05) is 7.11 Å². The number of carbonyl (C=O) groups is 1. The van der Waals surface area contributed by atoms with Crippen LogP contribution < -0.4 is 0 Å². The Morgan fingerprint density at radius 1 is 1.37 bits per heavy atom. The molecule has 1 fully saturated rings. The summed E-state index contributed by atoms with van der Waals surface area (Å²) in [5, 5.41) is 0. The first-order valence-corrected chi connectivity index (χ1v) is 6.85. The van der Waals surface area contributed by atoms with Crippen molar-refractivity contribution in [1.29, 1.82) is 0 Å². The summed E-state index contributed by atoms with van der Waals surface area (Å²) >= 11 is 0. The van der Waals surface area contributed by atoms with Crippen LogP contribution in [0.2, 0.25) is 0 Å². The SMILES string of the molecule is COC(=O)c1ccn2c(C3CCCCC3)ncc2c1. The monoisotopic (exact) mass is 258 g/mol. The first-order valence-electron chi connectivity index (χ1n) is 6.85. The Hall–Kier alpha value is -1.84. The van der Waals surface area contributed by atoms with Crippen LogP contribution in [-0.2, 0) is 4.74 Å². The number of hydrogen-bond donors (Lipinski definition) is 0. The number of aromatic nitrogens is 2. The molecule has 100 valence electrons. The molecule has 0 atom stereocenters. The topological polar surface area (TPSA) is 43.6 Å². The van der Waals surface area contributed by atoms with Gasteiger partial charge in [-0.3, -0.25) is 0 Å². The van der Waals surface area contributed by atoms with Crippen LogP contribution in [-0.4, -0.2) is 22.5 Å². The molecule has 0 radical (unpaired) electrons. The maximum atomic E-state index is 11.5. The third kappa shape index (κ3) is 2.23. The molecule has 2 aromatic rings. The third-order valence-corrected chi connectivity index (χ3v) is 3.95. The van der Waals surface area contributed by atoms with E-state index >= 15 is 0 Å². The zero-order valence-electron chi connectivity index (χ0n) is 11.1. The van der Waals surface area contributed by atoms with Gasteiger partial charge in [-0.2, -0.15) is 0 Å². The lowest BCUT2D eigenvalue weighted by Gasteiger charge is -2.20. The van der Waals surface area contributed by atoms with E-state index in [0.29, 0.717) is 11.5 Å². The molecule has 1 aliphatic rings. The third-order valence-electron chi connectivity index (χ3n) is 3.95. The van der Waals surface area contributed by atoms with Crippen LogP contribution in [0.15, 0.2) is 24.5 Å². The highest BCUT2D eigenvalue weighted by Gasteiger charge is 2.20. The molecule has 1 saturated carbocycles. The summed E-state index contributed by atoms with van der Waals surface area (Å²) in [5.74, 6) is 1.38. The van der Waals surface area contributed by atoms with Gasteiger partial charge in [0.15, 0.2) is 0 Å². The number of pyridine rings is 1. The highest BCUT2D eigenvalue weighted by atomic mass is 16.5. The summed E-state index contributed by atoms with van der Waals surface area (Å²) in [7, 11) is 1.40. The van der Waals surface area contributed by atoms with E-state index < -0.39 is 0 Å². The van der Waals surface area contributed by atoms with Crippen molar-refractivity contribution in [1.82, 2.24) is 9.38 Å². The second-order valence-electron chi connectivity index (χ2n) is 5.15. The molecular weight excluding hydrogens is 240 g/mol. The lowest BCUT2D eigenvalue weighted by molar-refractivity contribution is 0.0600. The van der Waals surface area contributed by atoms with Crippen LogP contribution in [0.4, 0.5) is 0 Å². The Kier molecular flexibility index (Phi) is 3.23. The largest absolute Gasteiger partial charge is 0.465 e. The maximum Gasteiger partial charge on any atom is 0.337 e. The van der Waals surface area contributed by atoms with Gasteiger partial charge in [-0.15, -0.1) is 0 Å². The smallest absolute Gasteiger partial charge is 0.337 e. The Balaban J connectivity index is 1.97. The van der Waals surface area contributed by atoms with Crippen LogP contribution in [0, 0.1) is 0 Å². The summed E-state index contributed by atoms with van der Waals surface area (Å²) in [6, 6.07) is 3.64. The van der Waals surface area contributed by atoms with Gasteiger partial charge in [0.2, 0.25) is 0 Å². The number of methoxy groups -OCH3 is 1. The number of rotatable bonds is 2. The number of nitrogens with zero attached hydrogens (tertiary/aromatic N) is 2. The van der Waals surface area contributed by atoms with Crippen LogP contribution >= 0.6 is 0 Å². The number of esters is 1. The van der Waals surface area contributed by atoms with Gasteiger partial charge in [0.1, 0.15) is 5.82 Å². The van der Waals surface area contributed by atoms with E-state index in [2.05, 4.69) is 9.38 Å². The zero-order valence-corrected chi connectivity index (χ0v) is 11.1. The van der Waals surface area contributed by atoms with E-state index in [1.54, 1.807) is 6.07 Å². The predicted octanol–water partition coefficient (Wildman–Crippen LogP) is 3.17. The minimum atomic E-state index is -0.303. The average Bonchev–Trinajstić information content (AvgIpc) is 2.90. The normalized spacial score (nSPS) is 16.7. The van der Waals surface area contributed by atoms with E-state index in [0.717, 1.165) is 11.3 Å². The van der Waals surface area contributed by atoms with Gasteiger partial charge >= 0.3 is 5.97 Å².